The van der Waals surface area contributed by atoms with E-state index in [4.69, 9.17) is 0 Å². The number of hydrogen-bond donors (Lipinski definition) is 0. The molecule has 0 aromatic rings. The molecule has 2 rings (SSSR count). The smallest absolute Gasteiger partial charge is 0.0197 e. The molecule has 1 saturated carbocycles. The van der Waals surface area contributed by atoms with Crippen molar-refractivity contribution in [3.8, 4) is 0 Å². The molecule has 0 heterocycles. The highest BCUT2D eigenvalue weighted by Gasteiger charge is 2.31. The van der Waals surface area contributed by atoms with Crippen LogP contribution in [0.4, 0.5) is 0 Å². The Balaban J connectivity index is 1.93. The molecule has 0 bridgehead atoms. The summed E-state index contributed by atoms with van der Waals surface area (Å²) >= 11 is 0. The molecule has 80 valence electrons. The molecule has 0 aromatic heterocycles. The highest BCUT2D eigenvalue weighted by Crippen LogP contribution is 2.43. The lowest BCUT2D eigenvalue weighted by Gasteiger charge is -2.20. The summed E-state index contributed by atoms with van der Waals surface area (Å²) in [5.41, 5.74) is 1.76. The molecule has 0 heteroatoms. The van der Waals surface area contributed by atoms with Crippen LogP contribution in [0.15, 0.2) is 11.6 Å². The van der Waals surface area contributed by atoms with Gasteiger partial charge in [-0.25, -0.2) is 0 Å². The van der Waals surface area contributed by atoms with Crippen LogP contribution in [0, 0.1) is 17.8 Å². The molecular formula is C14H24. The zero-order valence-electron chi connectivity index (χ0n) is 9.76. The molecule has 0 nitrogen and oxygen atoms in total. The van der Waals surface area contributed by atoms with E-state index in [2.05, 4.69) is 19.9 Å². The summed E-state index contributed by atoms with van der Waals surface area (Å²) in [6, 6.07) is 0. The lowest BCUT2D eigenvalue weighted by molar-refractivity contribution is 0.319. The van der Waals surface area contributed by atoms with Gasteiger partial charge in [0.2, 0.25) is 0 Å². The number of rotatable bonds is 3. The Kier molecular flexibility index (Phi) is 3.30. The Bertz CT molecular complexity index is 214. The van der Waals surface area contributed by atoms with E-state index < -0.39 is 0 Å². The van der Waals surface area contributed by atoms with Crippen molar-refractivity contribution in [2.75, 3.05) is 0 Å². The van der Waals surface area contributed by atoms with Crippen molar-refractivity contribution >= 4 is 0 Å². The van der Waals surface area contributed by atoms with Crippen molar-refractivity contribution in [2.45, 2.75) is 58.8 Å². The summed E-state index contributed by atoms with van der Waals surface area (Å²) in [5, 5.41) is 0. The topological polar surface area (TPSA) is 0 Å². The van der Waals surface area contributed by atoms with Crippen LogP contribution < -0.4 is 0 Å². The second-order valence-corrected chi connectivity index (χ2v) is 5.35. The van der Waals surface area contributed by atoms with Crippen molar-refractivity contribution in [1.29, 1.82) is 0 Å². The van der Waals surface area contributed by atoms with Gasteiger partial charge in [-0.1, -0.05) is 44.8 Å². The van der Waals surface area contributed by atoms with E-state index in [0.717, 1.165) is 17.8 Å². The van der Waals surface area contributed by atoms with Gasteiger partial charge < -0.3 is 0 Å². The van der Waals surface area contributed by atoms with E-state index in [0.29, 0.717) is 0 Å². The van der Waals surface area contributed by atoms with E-state index in [-0.39, 0.29) is 0 Å². The molecule has 3 atom stereocenters. The van der Waals surface area contributed by atoms with Gasteiger partial charge in [0.15, 0.2) is 0 Å². The monoisotopic (exact) mass is 192 g/mol. The van der Waals surface area contributed by atoms with Crippen LogP contribution in [0.1, 0.15) is 58.8 Å². The molecule has 2 aliphatic carbocycles. The van der Waals surface area contributed by atoms with Gasteiger partial charge >= 0.3 is 0 Å². The van der Waals surface area contributed by atoms with Crippen LogP contribution in [-0.4, -0.2) is 0 Å². The van der Waals surface area contributed by atoms with Crippen molar-refractivity contribution < 1.29 is 0 Å². The minimum absolute atomic E-state index is 0.953. The Labute approximate surface area is 88.8 Å². The molecule has 0 N–H and O–H groups in total. The van der Waals surface area contributed by atoms with Gasteiger partial charge in [0.05, 0.1) is 0 Å². The molecule has 0 saturated heterocycles. The average Bonchev–Trinajstić information content (AvgIpc) is 2.74. The molecule has 0 amide bonds. The second-order valence-electron chi connectivity index (χ2n) is 5.35. The first-order chi connectivity index (χ1) is 6.81. The SMILES string of the molecule is CCCC1=CC(C2CCCC2C)CC1. The first kappa shape index (κ1) is 10.3. The Morgan fingerprint density at radius 3 is 2.79 bits per heavy atom. The number of hydrogen-bond acceptors (Lipinski definition) is 0. The Hall–Kier alpha value is -0.260. The maximum Gasteiger partial charge on any atom is -0.0197 e. The maximum atomic E-state index is 2.63. The van der Waals surface area contributed by atoms with Gasteiger partial charge in [-0.05, 0) is 43.4 Å². The fraction of sp³-hybridized carbons (Fsp3) is 0.857. The summed E-state index contributed by atoms with van der Waals surface area (Å²) in [6.45, 7) is 4.76. The van der Waals surface area contributed by atoms with Crippen LogP contribution in [-0.2, 0) is 0 Å². The lowest BCUT2D eigenvalue weighted by Crippen LogP contribution is -2.13. The third kappa shape index (κ3) is 2.04. The average molecular weight is 192 g/mol. The Morgan fingerprint density at radius 1 is 1.29 bits per heavy atom. The molecule has 0 aliphatic heterocycles. The first-order valence-electron chi connectivity index (χ1n) is 6.50. The zero-order valence-corrected chi connectivity index (χ0v) is 9.76. The third-order valence-electron chi connectivity index (χ3n) is 4.30. The normalized spacial score (nSPS) is 37.6. The molecule has 2 aliphatic rings. The van der Waals surface area contributed by atoms with Gasteiger partial charge in [-0.3, -0.25) is 0 Å². The zero-order chi connectivity index (χ0) is 9.97. The summed E-state index contributed by atoms with van der Waals surface area (Å²) in [7, 11) is 0. The quantitative estimate of drug-likeness (QED) is 0.575. The molecular weight excluding hydrogens is 168 g/mol. The van der Waals surface area contributed by atoms with E-state index in [9.17, 15) is 0 Å². The van der Waals surface area contributed by atoms with E-state index in [1.165, 1.54) is 44.9 Å². The van der Waals surface area contributed by atoms with Gasteiger partial charge in [0.25, 0.3) is 0 Å². The molecule has 0 aromatic carbocycles. The fourth-order valence-corrected chi connectivity index (χ4v) is 3.50. The van der Waals surface area contributed by atoms with Crippen LogP contribution in [0.5, 0.6) is 0 Å². The van der Waals surface area contributed by atoms with E-state index in [1.807, 2.05) is 0 Å². The number of allylic oxidation sites excluding steroid dienone is 2. The fourth-order valence-electron chi connectivity index (χ4n) is 3.50. The highest BCUT2D eigenvalue weighted by atomic mass is 14.4. The summed E-state index contributed by atoms with van der Waals surface area (Å²) in [5.74, 6) is 2.98. The molecule has 0 spiro atoms. The van der Waals surface area contributed by atoms with Crippen molar-refractivity contribution in [3.63, 3.8) is 0 Å². The third-order valence-corrected chi connectivity index (χ3v) is 4.30. The molecule has 1 fully saturated rings. The minimum Gasteiger partial charge on any atom is -0.0819 e. The predicted octanol–water partition coefficient (Wildman–Crippen LogP) is 4.56. The van der Waals surface area contributed by atoms with Crippen LogP contribution in [0.25, 0.3) is 0 Å². The Morgan fingerprint density at radius 2 is 2.14 bits per heavy atom. The van der Waals surface area contributed by atoms with E-state index in [1.54, 1.807) is 5.57 Å². The largest absolute Gasteiger partial charge is 0.0819 e. The minimum atomic E-state index is 0.953. The first-order valence-corrected chi connectivity index (χ1v) is 6.50. The van der Waals surface area contributed by atoms with Gasteiger partial charge in [0, 0.05) is 0 Å². The molecule has 3 unspecified atom stereocenters. The lowest BCUT2D eigenvalue weighted by atomic mass is 9.84. The van der Waals surface area contributed by atoms with Gasteiger partial charge in [-0.2, -0.15) is 0 Å². The standard InChI is InChI=1S/C14H24/c1-3-5-12-8-9-13(10-12)14-7-4-6-11(14)2/h10-11,13-14H,3-9H2,1-2H3. The predicted molar refractivity (Wildman–Crippen MR) is 62.2 cm³/mol. The van der Waals surface area contributed by atoms with Crippen LogP contribution >= 0.6 is 0 Å². The van der Waals surface area contributed by atoms with Crippen molar-refractivity contribution in [2.24, 2.45) is 17.8 Å². The summed E-state index contributed by atoms with van der Waals surface area (Å²) in [4.78, 5) is 0. The van der Waals surface area contributed by atoms with Crippen LogP contribution in [0.2, 0.25) is 0 Å². The van der Waals surface area contributed by atoms with Gasteiger partial charge in [0.1, 0.15) is 0 Å². The highest BCUT2D eigenvalue weighted by molar-refractivity contribution is 5.12. The maximum absolute atomic E-state index is 2.63. The van der Waals surface area contributed by atoms with Crippen LogP contribution in [0.3, 0.4) is 0 Å². The molecule has 0 radical (unpaired) electrons. The summed E-state index contributed by atoms with van der Waals surface area (Å²) in [6.07, 6.45) is 12.7. The van der Waals surface area contributed by atoms with E-state index >= 15 is 0 Å². The van der Waals surface area contributed by atoms with Gasteiger partial charge in [-0.15, -0.1) is 0 Å². The van der Waals surface area contributed by atoms with Crippen molar-refractivity contribution in [3.05, 3.63) is 11.6 Å². The second kappa shape index (κ2) is 4.51. The molecule has 14 heavy (non-hydrogen) atoms. The van der Waals surface area contributed by atoms with Crippen molar-refractivity contribution in [1.82, 2.24) is 0 Å². The summed E-state index contributed by atoms with van der Waals surface area (Å²) < 4.78 is 0.